The Morgan fingerprint density at radius 1 is 1.38 bits per heavy atom. The van der Waals surface area contributed by atoms with E-state index < -0.39 is 0 Å². The second kappa shape index (κ2) is 5.07. The van der Waals surface area contributed by atoms with Gasteiger partial charge in [-0.2, -0.15) is 0 Å². The smallest absolute Gasteiger partial charge is 0.267 e. The molecule has 2 aromatic rings. The van der Waals surface area contributed by atoms with Crippen molar-refractivity contribution in [1.29, 1.82) is 0 Å². The number of hydrogen-bond acceptors (Lipinski definition) is 3. The van der Waals surface area contributed by atoms with Gasteiger partial charge in [0, 0.05) is 28.7 Å². The molecule has 3 rings (SSSR count). The molecule has 1 aromatic carbocycles. The predicted molar refractivity (Wildman–Crippen MR) is 85.3 cm³/mol. The first-order valence-corrected chi connectivity index (χ1v) is 7.34. The van der Waals surface area contributed by atoms with Crippen molar-refractivity contribution < 1.29 is 4.79 Å². The Balaban J connectivity index is 1.72. The molecular formula is C16H22N4O. The van der Waals surface area contributed by atoms with Crippen LogP contribution < -0.4 is 11.1 Å². The number of anilines is 1. The quantitative estimate of drug-likeness (QED) is 0.752. The molecule has 1 fully saturated rings. The molecular weight excluding hydrogens is 264 g/mol. The minimum atomic E-state index is -0.0575. The van der Waals surface area contributed by atoms with Crippen LogP contribution >= 0.6 is 0 Å². The van der Waals surface area contributed by atoms with E-state index in [1.165, 1.54) is 6.42 Å². The van der Waals surface area contributed by atoms with Gasteiger partial charge in [-0.1, -0.05) is 0 Å². The summed E-state index contributed by atoms with van der Waals surface area (Å²) in [4.78, 5) is 17.7. The molecule has 0 bridgehead atoms. The summed E-state index contributed by atoms with van der Waals surface area (Å²) >= 11 is 0. The van der Waals surface area contributed by atoms with Gasteiger partial charge >= 0.3 is 0 Å². The van der Waals surface area contributed by atoms with Crippen LogP contribution in [0.5, 0.6) is 0 Å². The molecule has 1 aliphatic rings. The lowest BCUT2D eigenvalue weighted by molar-refractivity contribution is 0.0556. The number of nitrogens with two attached hydrogens (primary N) is 1. The molecule has 1 amide bonds. The number of likely N-dealkylation sites (N-methyl/N-ethyl adjacent to an activating group) is 1. The van der Waals surface area contributed by atoms with Crippen LogP contribution in [0.4, 0.5) is 5.69 Å². The molecule has 21 heavy (non-hydrogen) atoms. The molecule has 112 valence electrons. The number of rotatable bonds is 4. The lowest BCUT2D eigenvalue weighted by atomic mass is 9.75. The van der Waals surface area contributed by atoms with Gasteiger partial charge in [0.15, 0.2) is 0 Å². The largest absolute Gasteiger partial charge is 0.399 e. The first kappa shape index (κ1) is 13.9. The molecule has 1 saturated carbocycles. The van der Waals surface area contributed by atoms with Crippen LogP contribution in [0.15, 0.2) is 24.3 Å². The lowest BCUT2D eigenvalue weighted by Gasteiger charge is -2.47. The number of nitrogen functional groups attached to an aromatic ring is 1. The Morgan fingerprint density at radius 2 is 2.14 bits per heavy atom. The molecule has 0 atom stereocenters. The number of carbonyl (C=O) groups is 1. The molecule has 1 aromatic heterocycles. The van der Waals surface area contributed by atoms with E-state index in [0.29, 0.717) is 17.9 Å². The number of amides is 1. The number of aromatic amines is 1. The number of aromatic nitrogens is 1. The third kappa shape index (κ3) is 2.49. The van der Waals surface area contributed by atoms with E-state index in [9.17, 15) is 4.79 Å². The van der Waals surface area contributed by atoms with Crippen molar-refractivity contribution >= 4 is 22.5 Å². The summed E-state index contributed by atoms with van der Waals surface area (Å²) in [5.74, 6) is -0.0575. The minimum Gasteiger partial charge on any atom is -0.399 e. The van der Waals surface area contributed by atoms with E-state index in [4.69, 9.17) is 5.73 Å². The number of fused-ring (bicyclic) bond motifs is 1. The van der Waals surface area contributed by atoms with Gasteiger partial charge in [0.2, 0.25) is 0 Å². The highest BCUT2D eigenvalue weighted by Gasteiger charge is 2.39. The highest BCUT2D eigenvalue weighted by molar-refractivity contribution is 5.98. The zero-order valence-corrected chi connectivity index (χ0v) is 12.6. The van der Waals surface area contributed by atoms with Gasteiger partial charge in [0.25, 0.3) is 5.91 Å². The Morgan fingerprint density at radius 3 is 2.76 bits per heavy atom. The molecule has 0 spiro atoms. The SMILES string of the molecule is CN(C)C1(CNC(=O)c2cc3cc(N)ccc3[nH]2)CCC1. The van der Waals surface area contributed by atoms with Crippen LogP contribution in [0, 0.1) is 0 Å². The average Bonchev–Trinajstić information content (AvgIpc) is 2.79. The fraction of sp³-hybridized carbons (Fsp3) is 0.438. The Hall–Kier alpha value is -2.01. The van der Waals surface area contributed by atoms with Crippen molar-refractivity contribution in [3.63, 3.8) is 0 Å². The molecule has 1 aliphatic carbocycles. The number of carbonyl (C=O) groups excluding carboxylic acids is 1. The van der Waals surface area contributed by atoms with E-state index in [0.717, 1.165) is 23.7 Å². The summed E-state index contributed by atoms with van der Waals surface area (Å²) in [5.41, 5.74) is 8.12. The summed E-state index contributed by atoms with van der Waals surface area (Å²) < 4.78 is 0. The number of nitrogens with zero attached hydrogens (tertiary/aromatic N) is 1. The van der Waals surface area contributed by atoms with Crippen molar-refractivity contribution in [3.05, 3.63) is 30.0 Å². The van der Waals surface area contributed by atoms with E-state index in [1.54, 1.807) is 0 Å². The second-order valence-electron chi connectivity index (χ2n) is 6.18. The van der Waals surface area contributed by atoms with Crippen LogP contribution in [-0.2, 0) is 0 Å². The molecule has 5 nitrogen and oxygen atoms in total. The molecule has 1 heterocycles. The average molecular weight is 286 g/mol. The van der Waals surface area contributed by atoms with Gasteiger partial charge in [-0.15, -0.1) is 0 Å². The second-order valence-corrected chi connectivity index (χ2v) is 6.18. The van der Waals surface area contributed by atoms with Crippen molar-refractivity contribution in [1.82, 2.24) is 15.2 Å². The predicted octanol–water partition coefficient (Wildman–Crippen LogP) is 1.96. The molecule has 0 unspecified atom stereocenters. The van der Waals surface area contributed by atoms with Crippen molar-refractivity contribution in [2.24, 2.45) is 0 Å². The van der Waals surface area contributed by atoms with Crippen molar-refractivity contribution in [2.45, 2.75) is 24.8 Å². The van der Waals surface area contributed by atoms with Crippen LogP contribution in [-0.4, -0.2) is 42.0 Å². The maximum absolute atomic E-state index is 12.3. The molecule has 4 N–H and O–H groups in total. The third-order valence-electron chi connectivity index (χ3n) is 4.70. The van der Waals surface area contributed by atoms with Crippen molar-refractivity contribution in [2.75, 3.05) is 26.4 Å². The third-order valence-corrected chi connectivity index (χ3v) is 4.70. The monoisotopic (exact) mass is 286 g/mol. The first-order valence-electron chi connectivity index (χ1n) is 7.34. The van der Waals surface area contributed by atoms with Gasteiger partial charge in [-0.05, 0) is 57.6 Å². The maximum atomic E-state index is 12.3. The Labute approximate surface area is 124 Å². The summed E-state index contributed by atoms with van der Waals surface area (Å²) in [6.45, 7) is 0.691. The van der Waals surface area contributed by atoms with Crippen molar-refractivity contribution in [3.8, 4) is 0 Å². The fourth-order valence-electron chi connectivity index (χ4n) is 2.98. The molecule has 0 aliphatic heterocycles. The van der Waals surface area contributed by atoms with E-state index in [2.05, 4.69) is 29.3 Å². The molecule has 5 heteroatoms. The molecule has 0 radical (unpaired) electrons. The van der Waals surface area contributed by atoms with Gasteiger partial charge in [0.05, 0.1) is 0 Å². The van der Waals surface area contributed by atoms with Gasteiger partial charge in [-0.25, -0.2) is 0 Å². The minimum absolute atomic E-state index is 0.0575. The Kier molecular flexibility index (Phi) is 3.37. The van der Waals surface area contributed by atoms with E-state index in [1.807, 2.05) is 24.3 Å². The topological polar surface area (TPSA) is 74.2 Å². The van der Waals surface area contributed by atoms with Crippen LogP contribution in [0.3, 0.4) is 0 Å². The van der Waals surface area contributed by atoms with Crippen LogP contribution in [0.25, 0.3) is 10.9 Å². The maximum Gasteiger partial charge on any atom is 0.267 e. The summed E-state index contributed by atoms with van der Waals surface area (Å²) in [6.07, 6.45) is 3.52. The summed E-state index contributed by atoms with van der Waals surface area (Å²) in [5, 5.41) is 4.02. The van der Waals surface area contributed by atoms with E-state index >= 15 is 0 Å². The van der Waals surface area contributed by atoms with Gasteiger partial charge in [-0.3, -0.25) is 4.79 Å². The van der Waals surface area contributed by atoms with E-state index in [-0.39, 0.29) is 11.4 Å². The zero-order valence-electron chi connectivity index (χ0n) is 12.6. The van der Waals surface area contributed by atoms with Crippen LogP contribution in [0.2, 0.25) is 0 Å². The fourth-order valence-corrected chi connectivity index (χ4v) is 2.98. The number of hydrogen-bond donors (Lipinski definition) is 3. The summed E-state index contributed by atoms with van der Waals surface area (Å²) in [6, 6.07) is 7.45. The Bertz CT molecular complexity index is 670. The first-order chi connectivity index (χ1) is 10.00. The normalized spacial score (nSPS) is 16.9. The zero-order chi connectivity index (χ0) is 15.0. The highest BCUT2D eigenvalue weighted by Crippen LogP contribution is 2.35. The highest BCUT2D eigenvalue weighted by atomic mass is 16.1. The van der Waals surface area contributed by atoms with Crippen LogP contribution in [0.1, 0.15) is 29.8 Å². The van der Waals surface area contributed by atoms with Gasteiger partial charge in [0.1, 0.15) is 5.69 Å². The summed E-state index contributed by atoms with van der Waals surface area (Å²) in [7, 11) is 4.16. The van der Waals surface area contributed by atoms with Gasteiger partial charge < -0.3 is 20.9 Å². The number of nitrogens with one attached hydrogen (secondary N) is 2. The number of benzene rings is 1. The number of H-pyrrole nitrogens is 1. The lowest BCUT2D eigenvalue weighted by Crippen LogP contribution is -2.57. The molecule has 0 saturated heterocycles. The standard InChI is InChI=1S/C16H22N4O/c1-20(2)16(6-3-7-16)10-18-15(21)14-9-11-8-12(17)4-5-13(11)19-14/h4-5,8-9,19H,3,6-7,10,17H2,1-2H3,(H,18,21).